The molecule has 0 aromatic rings. The maximum Gasteiger partial charge on any atom is 0.410 e. The van der Waals surface area contributed by atoms with Crippen LogP contribution in [0.3, 0.4) is 0 Å². The molecule has 132 valence electrons. The summed E-state index contributed by atoms with van der Waals surface area (Å²) in [7, 11) is 0. The molecule has 0 aliphatic carbocycles. The average molecular weight is 324 g/mol. The number of carbonyl (C=O) groups excluding carboxylic acids is 1. The van der Waals surface area contributed by atoms with Gasteiger partial charge in [0.05, 0.1) is 0 Å². The number of hydrogen-bond donors (Lipinski definition) is 1. The zero-order valence-electron chi connectivity index (χ0n) is 14.8. The Hall–Kier alpha value is -0.810. The third-order valence-electron chi connectivity index (χ3n) is 5.35. The van der Waals surface area contributed by atoms with Crippen molar-refractivity contribution in [1.29, 1.82) is 0 Å². The molecule has 0 aromatic carbocycles. The number of hydrogen-bond acceptors (Lipinski definition) is 4. The van der Waals surface area contributed by atoms with Crippen LogP contribution in [0.4, 0.5) is 4.79 Å². The van der Waals surface area contributed by atoms with Crippen LogP contribution in [0, 0.1) is 5.92 Å². The Morgan fingerprint density at radius 1 is 1.22 bits per heavy atom. The molecule has 1 N–H and O–H groups in total. The number of ether oxygens (including phenoxy) is 2. The standard InChI is InChI=1S/C18H32N2O3/c1-18(2,3)23-17(21)20-15-4-5-16(20)11-14(10-15)19-8-6-13-7-9-22-12-13/h13-16,19H,4-12H2,1-3H3. The first-order valence-electron chi connectivity index (χ1n) is 9.25. The number of amides is 1. The van der Waals surface area contributed by atoms with E-state index in [2.05, 4.69) is 5.32 Å². The Bertz CT molecular complexity index is 401. The minimum absolute atomic E-state index is 0.119. The summed E-state index contributed by atoms with van der Waals surface area (Å²) >= 11 is 0. The van der Waals surface area contributed by atoms with E-state index in [-0.39, 0.29) is 6.09 Å². The smallest absolute Gasteiger partial charge is 0.410 e. The summed E-state index contributed by atoms with van der Waals surface area (Å²) in [6.07, 6.45) is 6.68. The zero-order valence-corrected chi connectivity index (χ0v) is 14.8. The highest BCUT2D eigenvalue weighted by molar-refractivity contribution is 5.69. The molecule has 2 bridgehead atoms. The Labute approximate surface area is 140 Å². The molecule has 3 rings (SSSR count). The maximum absolute atomic E-state index is 12.4. The van der Waals surface area contributed by atoms with Gasteiger partial charge in [-0.2, -0.15) is 0 Å². The van der Waals surface area contributed by atoms with Gasteiger partial charge in [-0.05, 0) is 71.8 Å². The Morgan fingerprint density at radius 2 is 1.91 bits per heavy atom. The van der Waals surface area contributed by atoms with Crippen molar-refractivity contribution in [2.45, 2.75) is 83.0 Å². The highest BCUT2D eigenvalue weighted by Crippen LogP contribution is 2.36. The van der Waals surface area contributed by atoms with Crippen molar-refractivity contribution in [3.8, 4) is 0 Å². The molecule has 0 spiro atoms. The van der Waals surface area contributed by atoms with Gasteiger partial charge >= 0.3 is 6.09 Å². The fourth-order valence-corrected chi connectivity index (χ4v) is 4.26. The molecule has 3 aliphatic heterocycles. The first kappa shape index (κ1) is 17.0. The van der Waals surface area contributed by atoms with Crippen molar-refractivity contribution in [1.82, 2.24) is 10.2 Å². The third kappa shape index (κ3) is 4.38. The molecule has 23 heavy (non-hydrogen) atoms. The van der Waals surface area contributed by atoms with Crippen molar-refractivity contribution in [2.24, 2.45) is 5.92 Å². The first-order chi connectivity index (χ1) is 10.9. The van der Waals surface area contributed by atoms with E-state index in [9.17, 15) is 4.79 Å². The summed E-state index contributed by atoms with van der Waals surface area (Å²) in [5, 5.41) is 3.72. The fourth-order valence-electron chi connectivity index (χ4n) is 4.26. The SMILES string of the molecule is CC(C)(C)OC(=O)N1C2CCC1CC(NCCC1CCOC1)C2. The fraction of sp³-hybridized carbons (Fsp3) is 0.944. The van der Waals surface area contributed by atoms with Gasteiger partial charge < -0.3 is 19.7 Å². The van der Waals surface area contributed by atoms with Gasteiger partial charge in [0.2, 0.25) is 0 Å². The number of nitrogens with one attached hydrogen (secondary N) is 1. The lowest BCUT2D eigenvalue weighted by Gasteiger charge is -2.39. The molecule has 3 saturated heterocycles. The summed E-state index contributed by atoms with van der Waals surface area (Å²) in [5.74, 6) is 0.737. The van der Waals surface area contributed by atoms with Crippen molar-refractivity contribution >= 4 is 6.09 Å². The monoisotopic (exact) mass is 324 g/mol. The van der Waals surface area contributed by atoms with Crippen LogP contribution in [0.1, 0.15) is 59.3 Å². The maximum atomic E-state index is 12.4. The van der Waals surface area contributed by atoms with Gasteiger partial charge in [-0.1, -0.05) is 0 Å². The second-order valence-corrected chi connectivity index (χ2v) is 8.41. The van der Waals surface area contributed by atoms with Gasteiger partial charge in [0.25, 0.3) is 0 Å². The number of rotatable bonds is 4. The molecule has 5 heteroatoms. The number of nitrogens with zero attached hydrogens (tertiary/aromatic N) is 1. The van der Waals surface area contributed by atoms with Gasteiger partial charge in [-0.25, -0.2) is 4.79 Å². The van der Waals surface area contributed by atoms with Gasteiger partial charge in [0.1, 0.15) is 5.60 Å². The van der Waals surface area contributed by atoms with Gasteiger partial charge in [-0.3, -0.25) is 0 Å². The van der Waals surface area contributed by atoms with Crippen molar-refractivity contribution in [3.05, 3.63) is 0 Å². The van der Waals surface area contributed by atoms with E-state index >= 15 is 0 Å². The molecule has 3 unspecified atom stereocenters. The van der Waals surface area contributed by atoms with Crippen LogP contribution in [-0.2, 0) is 9.47 Å². The molecular formula is C18H32N2O3. The van der Waals surface area contributed by atoms with Crippen LogP contribution in [0.2, 0.25) is 0 Å². The molecule has 3 aliphatic rings. The van der Waals surface area contributed by atoms with Gasteiger partial charge in [-0.15, -0.1) is 0 Å². The van der Waals surface area contributed by atoms with Gasteiger partial charge in [0, 0.05) is 31.3 Å². The second-order valence-electron chi connectivity index (χ2n) is 8.41. The Kier molecular flexibility index (Phi) is 5.16. The summed E-state index contributed by atoms with van der Waals surface area (Å²) in [4.78, 5) is 14.5. The summed E-state index contributed by atoms with van der Waals surface area (Å²) in [6, 6.07) is 1.26. The van der Waals surface area contributed by atoms with E-state index in [4.69, 9.17) is 9.47 Å². The minimum atomic E-state index is -0.408. The topological polar surface area (TPSA) is 50.8 Å². The van der Waals surface area contributed by atoms with E-state index in [0.29, 0.717) is 18.1 Å². The summed E-state index contributed by atoms with van der Waals surface area (Å²) in [6.45, 7) is 8.76. The third-order valence-corrected chi connectivity index (χ3v) is 5.35. The van der Waals surface area contributed by atoms with E-state index in [0.717, 1.165) is 51.4 Å². The van der Waals surface area contributed by atoms with E-state index in [1.807, 2.05) is 25.7 Å². The molecule has 5 nitrogen and oxygen atoms in total. The summed E-state index contributed by atoms with van der Waals surface area (Å²) in [5.41, 5.74) is -0.408. The zero-order chi connectivity index (χ0) is 16.4. The Morgan fingerprint density at radius 3 is 2.48 bits per heavy atom. The van der Waals surface area contributed by atoms with E-state index < -0.39 is 5.60 Å². The van der Waals surface area contributed by atoms with E-state index in [1.54, 1.807) is 0 Å². The van der Waals surface area contributed by atoms with Gasteiger partial charge in [0.15, 0.2) is 0 Å². The van der Waals surface area contributed by atoms with Crippen LogP contribution in [0.15, 0.2) is 0 Å². The molecule has 3 atom stereocenters. The molecule has 0 saturated carbocycles. The quantitative estimate of drug-likeness (QED) is 0.864. The lowest BCUT2D eigenvalue weighted by Crippen LogP contribution is -2.52. The lowest BCUT2D eigenvalue weighted by molar-refractivity contribution is 0.00470. The van der Waals surface area contributed by atoms with Crippen molar-refractivity contribution < 1.29 is 14.3 Å². The summed E-state index contributed by atoms with van der Waals surface area (Å²) < 4.78 is 11.0. The number of carbonyl (C=O) groups is 1. The van der Waals surface area contributed by atoms with Crippen molar-refractivity contribution in [2.75, 3.05) is 19.8 Å². The predicted octanol–water partition coefficient (Wildman–Crippen LogP) is 2.93. The lowest BCUT2D eigenvalue weighted by atomic mass is 9.97. The molecule has 0 radical (unpaired) electrons. The molecular weight excluding hydrogens is 292 g/mol. The van der Waals surface area contributed by atoms with Crippen LogP contribution in [0.5, 0.6) is 0 Å². The number of fused-ring (bicyclic) bond motifs is 2. The van der Waals surface area contributed by atoms with Crippen LogP contribution < -0.4 is 5.32 Å². The second kappa shape index (κ2) is 6.98. The minimum Gasteiger partial charge on any atom is -0.444 e. The van der Waals surface area contributed by atoms with Crippen molar-refractivity contribution in [3.63, 3.8) is 0 Å². The molecule has 3 heterocycles. The first-order valence-corrected chi connectivity index (χ1v) is 9.25. The Balaban J connectivity index is 1.45. The molecule has 3 fully saturated rings. The highest BCUT2D eigenvalue weighted by atomic mass is 16.6. The normalized spacial score (nSPS) is 34.0. The highest BCUT2D eigenvalue weighted by Gasteiger charge is 2.44. The number of piperidine rings is 1. The van der Waals surface area contributed by atoms with Crippen LogP contribution >= 0.6 is 0 Å². The predicted molar refractivity (Wildman–Crippen MR) is 89.5 cm³/mol. The molecule has 1 amide bonds. The average Bonchev–Trinajstić information content (AvgIpc) is 3.04. The van der Waals surface area contributed by atoms with Crippen LogP contribution in [-0.4, -0.2) is 54.5 Å². The molecule has 0 aromatic heterocycles. The van der Waals surface area contributed by atoms with E-state index in [1.165, 1.54) is 12.8 Å². The van der Waals surface area contributed by atoms with Crippen LogP contribution in [0.25, 0.3) is 0 Å². The largest absolute Gasteiger partial charge is 0.444 e.